The molecule has 0 aliphatic heterocycles. The van der Waals surface area contributed by atoms with Crippen molar-refractivity contribution in [1.29, 1.82) is 0 Å². The standard InChI is InChI=1S/C16H25FN2O/c1-11-4-3-5-12(8-11)6-7-19-15-10-16(20-2)13(17)9-14(15)18/h9-12,19H,3-8,18H2,1-2H3. The molecule has 0 radical (unpaired) electrons. The Hall–Kier alpha value is -1.45. The van der Waals surface area contributed by atoms with Crippen LogP contribution in [0.3, 0.4) is 0 Å². The van der Waals surface area contributed by atoms with E-state index >= 15 is 0 Å². The number of benzene rings is 1. The van der Waals surface area contributed by atoms with Gasteiger partial charge in [0.15, 0.2) is 11.6 Å². The van der Waals surface area contributed by atoms with Crippen molar-refractivity contribution >= 4 is 11.4 Å². The second-order valence-electron chi connectivity index (χ2n) is 5.93. The fourth-order valence-electron chi connectivity index (χ4n) is 3.11. The molecule has 2 rings (SSSR count). The summed E-state index contributed by atoms with van der Waals surface area (Å²) in [5, 5.41) is 3.31. The third kappa shape index (κ3) is 3.78. The van der Waals surface area contributed by atoms with Gasteiger partial charge in [-0.25, -0.2) is 4.39 Å². The molecule has 1 aromatic rings. The molecule has 1 aliphatic carbocycles. The average molecular weight is 280 g/mol. The molecule has 2 atom stereocenters. The maximum atomic E-state index is 13.5. The molecule has 0 bridgehead atoms. The number of anilines is 2. The van der Waals surface area contributed by atoms with Crippen LogP contribution in [0.2, 0.25) is 0 Å². The minimum atomic E-state index is -0.420. The lowest BCUT2D eigenvalue weighted by atomic mass is 9.81. The Balaban J connectivity index is 1.87. The zero-order valence-electron chi connectivity index (χ0n) is 12.4. The van der Waals surface area contributed by atoms with Crippen LogP contribution in [0.15, 0.2) is 12.1 Å². The van der Waals surface area contributed by atoms with Crippen LogP contribution in [-0.2, 0) is 0 Å². The number of nitrogens with two attached hydrogens (primary N) is 1. The highest BCUT2D eigenvalue weighted by Crippen LogP contribution is 2.31. The van der Waals surface area contributed by atoms with Crippen LogP contribution < -0.4 is 15.8 Å². The highest BCUT2D eigenvalue weighted by atomic mass is 19.1. The second-order valence-corrected chi connectivity index (χ2v) is 5.93. The van der Waals surface area contributed by atoms with Crippen molar-refractivity contribution in [2.75, 3.05) is 24.7 Å². The van der Waals surface area contributed by atoms with Crippen LogP contribution >= 0.6 is 0 Å². The lowest BCUT2D eigenvalue weighted by molar-refractivity contribution is 0.274. The lowest BCUT2D eigenvalue weighted by Crippen LogP contribution is -2.17. The van der Waals surface area contributed by atoms with Gasteiger partial charge in [-0.3, -0.25) is 0 Å². The van der Waals surface area contributed by atoms with Crippen LogP contribution in [-0.4, -0.2) is 13.7 Å². The van der Waals surface area contributed by atoms with E-state index in [1.807, 2.05) is 0 Å². The summed E-state index contributed by atoms with van der Waals surface area (Å²) in [7, 11) is 1.46. The highest BCUT2D eigenvalue weighted by Gasteiger charge is 2.18. The Bertz CT molecular complexity index is 450. The summed E-state index contributed by atoms with van der Waals surface area (Å²) in [4.78, 5) is 0. The third-order valence-corrected chi connectivity index (χ3v) is 4.24. The van der Waals surface area contributed by atoms with Gasteiger partial charge in [0.1, 0.15) is 0 Å². The van der Waals surface area contributed by atoms with E-state index < -0.39 is 5.82 Å². The van der Waals surface area contributed by atoms with Gasteiger partial charge in [-0.05, 0) is 24.7 Å². The fourth-order valence-corrected chi connectivity index (χ4v) is 3.11. The molecule has 112 valence electrons. The summed E-state index contributed by atoms with van der Waals surface area (Å²) in [6, 6.07) is 2.94. The van der Waals surface area contributed by atoms with Gasteiger partial charge < -0.3 is 15.8 Å². The number of rotatable bonds is 5. The first-order valence-corrected chi connectivity index (χ1v) is 7.47. The number of halogens is 1. The topological polar surface area (TPSA) is 47.3 Å². The summed E-state index contributed by atoms with van der Waals surface area (Å²) in [6.07, 6.45) is 6.51. The summed E-state index contributed by atoms with van der Waals surface area (Å²) in [5.41, 5.74) is 7.02. The number of nitrogen functional groups attached to an aromatic ring is 1. The fraction of sp³-hybridized carbons (Fsp3) is 0.625. The zero-order chi connectivity index (χ0) is 14.5. The van der Waals surface area contributed by atoms with Crippen LogP contribution in [0.4, 0.5) is 15.8 Å². The molecule has 0 saturated heterocycles. The van der Waals surface area contributed by atoms with E-state index in [4.69, 9.17) is 10.5 Å². The summed E-state index contributed by atoms with van der Waals surface area (Å²) in [5.74, 6) is 1.46. The summed E-state index contributed by atoms with van der Waals surface area (Å²) >= 11 is 0. The molecule has 3 nitrogen and oxygen atoms in total. The van der Waals surface area contributed by atoms with Crippen molar-refractivity contribution in [3.05, 3.63) is 17.9 Å². The normalized spacial score (nSPS) is 22.6. The van der Waals surface area contributed by atoms with Crippen LogP contribution in [0.1, 0.15) is 39.0 Å². The first-order chi connectivity index (χ1) is 9.60. The molecule has 1 aromatic carbocycles. The van der Waals surface area contributed by atoms with Crippen LogP contribution in [0.5, 0.6) is 5.75 Å². The molecule has 2 unspecified atom stereocenters. The largest absolute Gasteiger partial charge is 0.494 e. The number of nitrogens with one attached hydrogen (secondary N) is 1. The van der Waals surface area contributed by atoms with E-state index in [9.17, 15) is 4.39 Å². The van der Waals surface area contributed by atoms with Crippen molar-refractivity contribution in [1.82, 2.24) is 0 Å². The average Bonchev–Trinajstić information content (AvgIpc) is 2.41. The van der Waals surface area contributed by atoms with Crippen molar-refractivity contribution in [3.63, 3.8) is 0 Å². The van der Waals surface area contributed by atoms with Gasteiger partial charge in [0.2, 0.25) is 0 Å². The van der Waals surface area contributed by atoms with Crippen molar-refractivity contribution in [3.8, 4) is 5.75 Å². The lowest BCUT2D eigenvalue weighted by Gasteiger charge is -2.26. The molecule has 1 fully saturated rings. The molecular formula is C16H25FN2O. The minimum Gasteiger partial charge on any atom is -0.494 e. The van der Waals surface area contributed by atoms with E-state index in [2.05, 4.69) is 12.2 Å². The predicted octanol–water partition coefficient (Wildman–Crippen LogP) is 4.04. The molecule has 1 aliphatic rings. The van der Waals surface area contributed by atoms with Gasteiger partial charge in [0.05, 0.1) is 18.5 Å². The first kappa shape index (κ1) is 14.9. The van der Waals surface area contributed by atoms with Crippen molar-refractivity contribution in [2.24, 2.45) is 11.8 Å². The monoisotopic (exact) mass is 280 g/mol. The van der Waals surface area contributed by atoms with E-state index in [0.717, 1.165) is 30.5 Å². The van der Waals surface area contributed by atoms with Gasteiger partial charge >= 0.3 is 0 Å². The summed E-state index contributed by atoms with van der Waals surface area (Å²) < 4.78 is 18.4. The Morgan fingerprint density at radius 2 is 2.20 bits per heavy atom. The highest BCUT2D eigenvalue weighted by molar-refractivity contribution is 5.68. The molecule has 3 N–H and O–H groups in total. The Kier molecular flexibility index (Phi) is 5.10. The Labute approximate surface area is 120 Å². The van der Waals surface area contributed by atoms with E-state index in [0.29, 0.717) is 5.69 Å². The number of hydrogen-bond donors (Lipinski definition) is 2. The number of ether oxygens (including phenoxy) is 1. The minimum absolute atomic E-state index is 0.230. The summed E-state index contributed by atoms with van der Waals surface area (Å²) in [6.45, 7) is 3.21. The van der Waals surface area contributed by atoms with E-state index in [-0.39, 0.29) is 5.75 Å². The maximum Gasteiger partial charge on any atom is 0.167 e. The quantitative estimate of drug-likeness (QED) is 0.800. The van der Waals surface area contributed by atoms with E-state index in [1.54, 1.807) is 6.07 Å². The van der Waals surface area contributed by atoms with Crippen molar-refractivity contribution < 1.29 is 9.13 Å². The number of methoxy groups -OCH3 is 1. The molecule has 1 saturated carbocycles. The van der Waals surface area contributed by atoms with Crippen LogP contribution in [0, 0.1) is 17.7 Å². The number of hydrogen-bond acceptors (Lipinski definition) is 3. The first-order valence-electron chi connectivity index (χ1n) is 7.47. The smallest absolute Gasteiger partial charge is 0.167 e. The Morgan fingerprint density at radius 3 is 2.90 bits per heavy atom. The second kappa shape index (κ2) is 6.82. The van der Waals surface area contributed by atoms with Gasteiger partial charge in [-0.2, -0.15) is 0 Å². The maximum absolute atomic E-state index is 13.5. The van der Waals surface area contributed by atoms with Gasteiger partial charge in [0, 0.05) is 18.7 Å². The molecule has 0 spiro atoms. The van der Waals surface area contributed by atoms with Gasteiger partial charge in [-0.1, -0.05) is 26.2 Å². The van der Waals surface area contributed by atoms with Crippen molar-refractivity contribution in [2.45, 2.75) is 39.0 Å². The molecular weight excluding hydrogens is 255 g/mol. The van der Waals surface area contributed by atoms with Gasteiger partial charge in [-0.15, -0.1) is 0 Å². The van der Waals surface area contributed by atoms with Gasteiger partial charge in [0.25, 0.3) is 0 Å². The predicted molar refractivity (Wildman–Crippen MR) is 81.6 cm³/mol. The molecule has 0 heterocycles. The third-order valence-electron chi connectivity index (χ3n) is 4.24. The molecule has 20 heavy (non-hydrogen) atoms. The zero-order valence-corrected chi connectivity index (χ0v) is 12.4. The SMILES string of the molecule is COc1cc(NCCC2CCCC(C)C2)c(N)cc1F. The molecule has 0 amide bonds. The molecule has 0 aromatic heterocycles. The van der Waals surface area contributed by atoms with Crippen LogP contribution in [0.25, 0.3) is 0 Å². The molecule has 4 heteroatoms. The Morgan fingerprint density at radius 1 is 1.40 bits per heavy atom. The van der Waals surface area contributed by atoms with E-state index in [1.165, 1.54) is 38.9 Å².